The lowest BCUT2D eigenvalue weighted by molar-refractivity contribution is -0.127. The summed E-state index contributed by atoms with van der Waals surface area (Å²) >= 11 is 0. The molecule has 0 saturated heterocycles. The lowest BCUT2D eigenvalue weighted by Gasteiger charge is -2.24. The number of hydrogen-bond donors (Lipinski definition) is 2. The largest absolute Gasteiger partial charge is 0.355 e. The minimum absolute atomic E-state index is 0.0633. The van der Waals surface area contributed by atoms with E-state index in [2.05, 4.69) is 10.6 Å². The highest BCUT2D eigenvalue weighted by molar-refractivity contribution is 5.81. The third-order valence-electron chi connectivity index (χ3n) is 4.70. The zero-order valence-corrected chi connectivity index (χ0v) is 14.3. The Morgan fingerprint density at radius 2 is 1.48 bits per heavy atom. The number of carbonyl (C=O) groups is 2. The van der Waals surface area contributed by atoms with Crippen LogP contribution in [0.25, 0.3) is 0 Å². The van der Waals surface area contributed by atoms with Crippen molar-refractivity contribution in [3.8, 4) is 0 Å². The van der Waals surface area contributed by atoms with Gasteiger partial charge in [-0.15, -0.1) is 0 Å². The van der Waals surface area contributed by atoms with Crippen LogP contribution in [-0.2, 0) is 9.59 Å². The monoisotopic (exact) mass is 336 g/mol. The van der Waals surface area contributed by atoms with Gasteiger partial charge in [0.25, 0.3) is 0 Å². The highest BCUT2D eigenvalue weighted by Gasteiger charge is 2.25. The SMILES string of the molecule is O=C(CCNC(=O)C1CCC1)NC(c1ccccc1)c1ccccc1. The normalized spacial score (nSPS) is 14.0. The minimum Gasteiger partial charge on any atom is -0.355 e. The van der Waals surface area contributed by atoms with Gasteiger partial charge in [0, 0.05) is 18.9 Å². The number of rotatable bonds is 7. The van der Waals surface area contributed by atoms with Crippen molar-refractivity contribution >= 4 is 11.8 Å². The molecule has 4 nitrogen and oxygen atoms in total. The van der Waals surface area contributed by atoms with Crippen molar-refractivity contribution in [2.24, 2.45) is 5.92 Å². The second-order valence-corrected chi connectivity index (χ2v) is 6.49. The maximum atomic E-state index is 12.4. The average molecular weight is 336 g/mol. The molecule has 25 heavy (non-hydrogen) atoms. The maximum Gasteiger partial charge on any atom is 0.223 e. The summed E-state index contributed by atoms with van der Waals surface area (Å²) < 4.78 is 0. The average Bonchev–Trinajstić information content (AvgIpc) is 2.60. The summed E-state index contributed by atoms with van der Waals surface area (Å²) in [4.78, 5) is 24.2. The standard InChI is InChI=1S/C21H24N2O2/c24-19(14-15-22-21(25)18-12-7-13-18)23-20(16-8-3-1-4-9-16)17-10-5-2-6-11-17/h1-6,8-11,18,20H,7,12-15H2,(H,22,25)(H,23,24). The quantitative estimate of drug-likeness (QED) is 0.816. The summed E-state index contributed by atoms with van der Waals surface area (Å²) in [5.41, 5.74) is 2.08. The molecule has 1 aliphatic carbocycles. The van der Waals surface area contributed by atoms with E-state index in [4.69, 9.17) is 0 Å². The lowest BCUT2D eigenvalue weighted by atomic mass is 9.85. The Labute approximate surface area is 148 Å². The fourth-order valence-electron chi connectivity index (χ4n) is 3.00. The molecule has 2 amide bonds. The van der Waals surface area contributed by atoms with Gasteiger partial charge in [0.1, 0.15) is 0 Å². The van der Waals surface area contributed by atoms with E-state index >= 15 is 0 Å². The minimum atomic E-state index is -0.183. The summed E-state index contributed by atoms with van der Waals surface area (Å²) in [6.07, 6.45) is 3.37. The van der Waals surface area contributed by atoms with Crippen LogP contribution in [0.2, 0.25) is 0 Å². The first-order valence-corrected chi connectivity index (χ1v) is 8.91. The van der Waals surface area contributed by atoms with Gasteiger partial charge in [0.2, 0.25) is 11.8 Å². The molecule has 1 saturated carbocycles. The topological polar surface area (TPSA) is 58.2 Å². The van der Waals surface area contributed by atoms with E-state index < -0.39 is 0 Å². The second kappa shape index (κ2) is 8.47. The first-order chi connectivity index (χ1) is 12.2. The molecule has 130 valence electrons. The molecule has 0 bridgehead atoms. The first kappa shape index (κ1) is 17.2. The van der Waals surface area contributed by atoms with Crippen LogP contribution in [0.15, 0.2) is 60.7 Å². The van der Waals surface area contributed by atoms with Crippen molar-refractivity contribution in [1.82, 2.24) is 10.6 Å². The Balaban J connectivity index is 1.58. The van der Waals surface area contributed by atoms with Gasteiger partial charge in [0.05, 0.1) is 6.04 Å². The van der Waals surface area contributed by atoms with Crippen LogP contribution in [0.5, 0.6) is 0 Å². The molecule has 2 aromatic rings. The Kier molecular flexibility index (Phi) is 5.83. The predicted molar refractivity (Wildman–Crippen MR) is 97.8 cm³/mol. The van der Waals surface area contributed by atoms with Crippen molar-refractivity contribution in [2.45, 2.75) is 31.7 Å². The molecular weight excluding hydrogens is 312 g/mol. The van der Waals surface area contributed by atoms with Crippen LogP contribution in [-0.4, -0.2) is 18.4 Å². The van der Waals surface area contributed by atoms with Gasteiger partial charge in [-0.05, 0) is 24.0 Å². The molecule has 0 aliphatic heterocycles. The molecule has 0 spiro atoms. The lowest BCUT2D eigenvalue weighted by Crippen LogP contribution is -2.37. The number of hydrogen-bond acceptors (Lipinski definition) is 2. The van der Waals surface area contributed by atoms with Gasteiger partial charge in [-0.2, -0.15) is 0 Å². The molecule has 2 aromatic carbocycles. The summed E-state index contributed by atoms with van der Waals surface area (Å²) in [6, 6.07) is 19.7. The van der Waals surface area contributed by atoms with Gasteiger partial charge >= 0.3 is 0 Å². The van der Waals surface area contributed by atoms with E-state index in [9.17, 15) is 9.59 Å². The molecular formula is C21H24N2O2. The Morgan fingerprint density at radius 3 is 1.96 bits per heavy atom. The van der Waals surface area contributed by atoms with Crippen LogP contribution in [0, 0.1) is 5.92 Å². The molecule has 2 N–H and O–H groups in total. The van der Waals surface area contributed by atoms with E-state index in [1.807, 2.05) is 60.7 Å². The van der Waals surface area contributed by atoms with Crippen LogP contribution in [0.1, 0.15) is 42.9 Å². The van der Waals surface area contributed by atoms with E-state index in [-0.39, 0.29) is 30.2 Å². The molecule has 4 heteroatoms. The van der Waals surface area contributed by atoms with Crippen molar-refractivity contribution in [1.29, 1.82) is 0 Å². The van der Waals surface area contributed by atoms with Gasteiger partial charge < -0.3 is 10.6 Å². The van der Waals surface area contributed by atoms with Crippen LogP contribution in [0.3, 0.4) is 0 Å². The first-order valence-electron chi connectivity index (χ1n) is 8.91. The third kappa shape index (κ3) is 4.69. The molecule has 3 rings (SSSR count). The van der Waals surface area contributed by atoms with Gasteiger partial charge in [0.15, 0.2) is 0 Å². The third-order valence-corrected chi connectivity index (χ3v) is 4.70. The van der Waals surface area contributed by atoms with Crippen LogP contribution < -0.4 is 10.6 Å². The smallest absolute Gasteiger partial charge is 0.223 e. The van der Waals surface area contributed by atoms with Crippen molar-refractivity contribution in [3.63, 3.8) is 0 Å². The molecule has 0 atom stereocenters. The maximum absolute atomic E-state index is 12.4. The zero-order chi connectivity index (χ0) is 17.5. The summed E-state index contributed by atoms with van der Waals surface area (Å²) in [5, 5.41) is 5.96. The number of carbonyl (C=O) groups excluding carboxylic acids is 2. The molecule has 1 aliphatic rings. The highest BCUT2D eigenvalue weighted by atomic mass is 16.2. The van der Waals surface area contributed by atoms with Crippen molar-refractivity contribution < 1.29 is 9.59 Å². The van der Waals surface area contributed by atoms with Crippen LogP contribution >= 0.6 is 0 Å². The fraction of sp³-hybridized carbons (Fsp3) is 0.333. The highest BCUT2D eigenvalue weighted by Crippen LogP contribution is 2.26. The fourth-order valence-corrected chi connectivity index (χ4v) is 3.00. The molecule has 0 unspecified atom stereocenters. The predicted octanol–water partition coefficient (Wildman–Crippen LogP) is 3.20. The molecule has 1 fully saturated rings. The van der Waals surface area contributed by atoms with Gasteiger partial charge in [-0.1, -0.05) is 67.1 Å². The van der Waals surface area contributed by atoms with E-state index in [0.717, 1.165) is 30.4 Å². The molecule has 0 aromatic heterocycles. The number of nitrogens with one attached hydrogen (secondary N) is 2. The zero-order valence-electron chi connectivity index (χ0n) is 14.3. The Morgan fingerprint density at radius 1 is 0.920 bits per heavy atom. The van der Waals surface area contributed by atoms with Crippen molar-refractivity contribution in [2.75, 3.05) is 6.54 Å². The summed E-state index contributed by atoms with van der Waals surface area (Å²) in [5.74, 6) is 0.179. The van der Waals surface area contributed by atoms with E-state index in [1.54, 1.807) is 0 Å². The summed E-state index contributed by atoms with van der Waals surface area (Å²) in [7, 11) is 0. The van der Waals surface area contributed by atoms with Gasteiger partial charge in [-0.25, -0.2) is 0 Å². The Hall–Kier alpha value is -2.62. The molecule has 0 heterocycles. The Bertz CT molecular complexity index is 657. The van der Waals surface area contributed by atoms with Crippen LogP contribution in [0.4, 0.5) is 0 Å². The second-order valence-electron chi connectivity index (χ2n) is 6.49. The van der Waals surface area contributed by atoms with Gasteiger partial charge in [-0.3, -0.25) is 9.59 Å². The summed E-state index contributed by atoms with van der Waals surface area (Å²) in [6.45, 7) is 0.386. The molecule has 0 radical (unpaired) electrons. The number of amides is 2. The number of benzene rings is 2. The van der Waals surface area contributed by atoms with Crippen molar-refractivity contribution in [3.05, 3.63) is 71.8 Å². The van der Waals surface area contributed by atoms with E-state index in [1.165, 1.54) is 0 Å². The van der Waals surface area contributed by atoms with E-state index in [0.29, 0.717) is 6.54 Å².